The molecule has 184 valence electrons. The normalized spacial score (nSPS) is 11.7. The van der Waals surface area contributed by atoms with Crippen molar-refractivity contribution in [1.29, 1.82) is 0 Å². The maximum atomic E-state index is 11.4. The molecule has 0 heterocycles. The predicted octanol–water partition coefficient (Wildman–Crippen LogP) is 3.00. The molecule has 0 rings (SSSR count). The molecule has 0 amide bonds. The number of carbonyl (C=O) groups is 1. The second kappa shape index (κ2) is 25.7. The minimum atomic E-state index is -3.65. The van der Waals surface area contributed by atoms with Gasteiger partial charge in [0.15, 0.2) is 0 Å². The van der Waals surface area contributed by atoms with Crippen LogP contribution in [0.15, 0.2) is 11.5 Å². The number of carboxylic acid groups (broad SMARTS) is 1. The maximum Gasteiger partial charge on any atom is 1.00 e. The minimum Gasteiger partial charge on any atom is -0.549 e. The Bertz CT molecular complexity index is 538. The van der Waals surface area contributed by atoms with E-state index in [1.165, 1.54) is 109 Å². The van der Waals surface area contributed by atoms with Crippen molar-refractivity contribution in [2.45, 2.75) is 135 Å². The number of hydrogen-bond acceptors (Lipinski definition) is 4. The Hall–Kier alpha value is 0.120. The van der Waals surface area contributed by atoms with Crippen LogP contribution in [-0.4, -0.2) is 20.9 Å². The zero-order valence-corrected chi connectivity index (χ0v) is 23.9. The van der Waals surface area contributed by atoms with Gasteiger partial charge in [0.05, 0.1) is 12.5 Å². The second-order valence-electron chi connectivity index (χ2n) is 8.76. The van der Waals surface area contributed by atoms with E-state index in [9.17, 15) is 18.3 Å². The van der Waals surface area contributed by atoms with Gasteiger partial charge >= 0.3 is 29.6 Å². The van der Waals surface area contributed by atoms with Crippen molar-refractivity contribution in [1.82, 2.24) is 4.72 Å². The summed E-state index contributed by atoms with van der Waals surface area (Å²) in [7, 11) is -3.65. The quantitative estimate of drug-likeness (QED) is 0.170. The molecule has 0 aromatic carbocycles. The Morgan fingerprint density at radius 2 is 1.03 bits per heavy atom. The number of nitrogens with one attached hydrogen (secondary N) is 1. The molecule has 0 radical (unpaired) electrons. The van der Waals surface area contributed by atoms with Crippen LogP contribution in [0.25, 0.3) is 0 Å². The van der Waals surface area contributed by atoms with Crippen LogP contribution in [0.4, 0.5) is 0 Å². The van der Waals surface area contributed by atoms with Crippen LogP contribution in [0.3, 0.4) is 0 Å². The average molecular weight is 482 g/mol. The van der Waals surface area contributed by atoms with Crippen molar-refractivity contribution in [2.24, 2.45) is 0 Å². The van der Waals surface area contributed by atoms with Gasteiger partial charge in [0.2, 0.25) is 10.0 Å². The van der Waals surface area contributed by atoms with Crippen LogP contribution >= 0.6 is 0 Å². The summed E-state index contributed by atoms with van der Waals surface area (Å²) in [5.74, 6) is -1.43. The van der Waals surface area contributed by atoms with Crippen LogP contribution in [-0.2, 0) is 14.8 Å². The molecule has 32 heavy (non-hydrogen) atoms. The molecule has 0 saturated heterocycles. The molecule has 0 aliphatic carbocycles. The number of carbonyl (C=O) groups excluding carboxylic acids is 1. The first-order valence-corrected chi connectivity index (χ1v) is 14.4. The molecule has 0 aliphatic heterocycles. The van der Waals surface area contributed by atoms with Gasteiger partial charge in [-0.1, -0.05) is 129 Å². The third-order valence-electron chi connectivity index (χ3n) is 5.67. The first kappa shape index (κ1) is 34.3. The van der Waals surface area contributed by atoms with Gasteiger partial charge in [0.1, 0.15) is 0 Å². The van der Waals surface area contributed by atoms with Crippen molar-refractivity contribution in [3.8, 4) is 0 Å². The number of hydrogen-bond donors (Lipinski definition) is 1. The van der Waals surface area contributed by atoms with Crippen LogP contribution < -0.4 is 39.4 Å². The molecule has 0 spiro atoms. The monoisotopic (exact) mass is 481 g/mol. The summed E-state index contributed by atoms with van der Waals surface area (Å²) in [4.78, 5) is 10.2. The molecular weight excluding hydrogens is 433 g/mol. The predicted molar refractivity (Wildman–Crippen MR) is 129 cm³/mol. The van der Waals surface area contributed by atoms with Gasteiger partial charge in [-0.3, -0.25) is 0 Å². The molecule has 0 bridgehead atoms. The summed E-state index contributed by atoms with van der Waals surface area (Å²) < 4.78 is 24.8. The zero-order chi connectivity index (χ0) is 23.0. The zero-order valence-electron chi connectivity index (χ0n) is 21.0. The molecule has 0 aromatic rings. The van der Waals surface area contributed by atoms with Gasteiger partial charge in [-0.25, -0.2) is 13.1 Å². The summed E-state index contributed by atoms with van der Waals surface area (Å²) in [6.45, 7) is 1.58. The summed E-state index contributed by atoms with van der Waals surface area (Å²) >= 11 is 0. The van der Waals surface area contributed by atoms with Gasteiger partial charge in [0, 0.05) is 5.41 Å². The molecule has 0 aromatic heterocycles. The minimum absolute atomic E-state index is 0. The number of aliphatic carboxylic acids is 1. The maximum absolute atomic E-state index is 11.4. The topological polar surface area (TPSA) is 86.3 Å². The number of rotatable bonds is 24. The van der Waals surface area contributed by atoms with Gasteiger partial charge in [-0.05, 0) is 12.8 Å². The van der Waals surface area contributed by atoms with Gasteiger partial charge < -0.3 is 9.90 Å². The van der Waals surface area contributed by atoms with Crippen molar-refractivity contribution in [3.63, 3.8) is 0 Å². The van der Waals surface area contributed by atoms with Gasteiger partial charge in [-0.15, -0.1) is 0 Å². The summed E-state index contributed by atoms with van der Waals surface area (Å²) in [6.07, 6.45) is 27.7. The summed E-state index contributed by atoms with van der Waals surface area (Å²) in [6, 6.07) is 0. The molecule has 1 N–H and O–H groups in total. The summed E-state index contributed by atoms with van der Waals surface area (Å²) in [5.41, 5.74) is 0. The number of unbranched alkanes of at least 4 members (excludes halogenated alkanes) is 19. The van der Waals surface area contributed by atoms with Crippen LogP contribution in [0.1, 0.15) is 135 Å². The molecule has 0 aliphatic rings. The fraction of sp³-hybridized carbons (Fsp3) is 0.880. The Kier molecular flexibility index (Phi) is 27.6. The number of sulfonamides is 1. The molecule has 0 fully saturated rings. The van der Waals surface area contributed by atoms with Crippen molar-refractivity contribution < 1.29 is 47.9 Å². The van der Waals surface area contributed by atoms with Gasteiger partial charge in [-0.2, -0.15) is 0 Å². The molecular formula is C25H48NNaO4S. The molecule has 5 nitrogen and oxygen atoms in total. The van der Waals surface area contributed by atoms with E-state index in [4.69, 9.17) is 0 Å². The summed E-state index contributed by atoms with van der Waals surface area (Å²) in [5, 5.41) is 11.3. The van der Waals surface area contributed by atoms with E-state index in [-0.39, 0.29) is 29.6 Å². The van der Waals surface area contributed by atoms with Gasteiger partial charge in [0.25, 0.3) is 0 Å². The smallest absolute Gasteiger partial charge is 0.549 e. The van der Waals surface area contributed by atoms with E-state index in [2.05, 4.69) is 6.92 Å². The van der Waals surface area contributed by atoms with Crippen LogP contribution in [0.5, 0.6) is 0 Å². The molecule has 0 atom stereocenters. The standard InChI is InChI=1S/C25H49NO4S.Na/c1-2-3-4-5-6-7-8-9-10-11-12-13-14-15-16-17-18-19-20-21-22-23-31(29,30)26-24-25(27)28;/h22-23,26H,2-21,24H2,1H3,(H,27,28);/q;+1/p-1/b23-22+;. The fourth-order valence-electron chi connectivity index (χ4n) is 3.74. The SMILES string of the molecule is CCCCCCCCCCCCCCCCCCCCC/C=C/S(=O)(=O)NCC(=O)[O-].[Na+]. The third kappa shape index (κ3) is 28.2. The average Bonchev–Trinajstić information content (AvgIpc) is 2.73. The Balaban J connectivity index is 0. The Labute approximate surface area is 220 Å². The molecule has 0 unspecified atom stereocenters. The van der Waals surface area contributed by atoms with E-state index >= 15 is 0 Å². The van der Waals surface area contributed by atoms with Crippen molar-refractivity contribution >= 4 is 16.0 Å². The van der Waals surface area contributed by atoms with Crippen molar-refractivity contribution in [3.05, 3.63) is 11.5 Å². The number of carboxylic acids is 1. The second-order valence-corrected chi connectivity index (χ2v) is 10.4. The largest absolute Gasteiger partial charge is 1.00 e. The molecule has 0 saturated carbocycles. The fourth-order valence-corrected chi connectivity index (χ4v) is 4.55. The van der Waals surface area contributed by atoms with E-state index in [0.717, 1.165) is 18.2 Å². The molecule has 7 heteroatoms. The van der Waals surface area contributed by atoms with E-state index in [1.54, 1.807) is 6.08 Å². The van der Waals surface area contributed by atoms with Crippen molar-refractivity contribution in [2.75, 3.05) is 6.54 Å². The van der Waals surface area contributed by atoms with E-state index in [0.29, 0.717) is 6.42 Å². The first-order valence-electron chi connectivity index (χ1n) is 12.8. The van der Waals surface area contributed by atoms with E-state index < -0.39 is 22.5 Å². The number of allylic oxidation sites excluding steroid dienone is 1. The van der Waals surface area contributed by atoms with Crippen LogP contribution in [0.2, 0.25) is 0 Å². The Morgan fingerprint density at radius 1 is 0.688 bits per heavy atom. The Morgan fingerprint density at radius 3 is 1.38 bits per heavy atom. The van der Waals surface area contributed by atoms with Crippen LogP contribution in [0, 0.1) is 0 Å². The van der Waals surface area contributed by atoms with E-state index in [1.807, 2.05) is 4.72 Å². The first-order chi connectivity index (χ1) is 15.0. The third-order valence-corrected chi connectivity index (χ3v) is 6.76.